The number of unbranched alkanes of at least 4 members (excludes halogenated alkanes) is 4. The van der Waals surface area contributed by atoms with E-state index >= 15 is 0 Å². The van der Waals surface area contributed by atoms with Crippen molar-refractivity contribution in [2.75, 3.05) is 0 Å². The summed E-state index contributed by atoms with van der Waals surface area (Å²) in [6, 6.07) is 16.1. The van der Waals surface area contributed by atoms with Crippen LogP contribution in [0.25, 0.3) is 0 Å². The van der Waals surface area contributed by atoms with Crippen molar-refractivity contribution in [2.45, 2.75) is 110 Å². The molecule has 0 saturated heterocycles. The summed E-state index contributed by atoms with van der Waals surface area (Å²) < 4.78 is 5.64. The molecule has 0 N–H and O–H groups in total. The maximum absolute atomic E-state index is 12.6. The molecule has 2 aromatic carbocycles. The second-order valence-electron chi connectivity index (χ2n) is 10.2. The third kappa shape index (κ3) is 8.02. The summed E-state index contributed by atoms with van der Waals surface area (Å²) in [4.78, 5) is 12.6. The maximum Gasteiger partial charge on any atom is 0.343 e. The molecule has 2 heteroatoms. The van der Waals surface area contributed by atoms with Crippen molar-refractivity contribution in [3.8, 4) is 5.75 Å². The number of ether oxygens (including phenoxy) is 1. The quantitative estimate of drug-likeness (QED) is 0.184. The summed E-state index contributed by atoms with van der Waals surface area (Å²) in [5, 5.41) is 0. The molecule has 1 unspecified atom stereocenters. The van der Waals surface area contributed by atoms with E-state index in [-0.39, 0.29) is 5.97 Å². The van der Waals surface area contributed by atoms with Gasteiger partial charge in [0.25, 0.3) is 0 Å². The Bertz CT molecular complexity index is 813. The highest BCUT2D eigenvalue weighted by molar-refractivity contribution is 5.91. The van der Waals surface area contributed by atoms with Gasteiger partial charge in [-0.3, -0.25) is 0 Å². The molecule has 0 amide bonds. The molecule has 1 atom stereocenters. The van der Waals surface area contributed by atoms with Crippen LogP contribution in [0.1, 0.15) is 131 Å². The van der Waals surface area contributed by atoms with E-state index in [1.165, 1.54) is 81.8 Å². The molecule has 1 fully saturated rings. The van der Waals surface area contributed by atoms with Gasteiger partial charge in [-0.2, -0.15) is 0 Å². The zero-order valence-corrected chi connectivity index (χ0v) is 21.2. The van der Waals surface area contributed by atoms with E-state index in [2.05, 4.69) is 45.0 Å². The topological polar surface area (TPSA) is 26.3 Å². The van der Waals surface area contributed by atoms with Crippen molar-refractivity contribution < 1.29 is 9.53 Å². The summed E-state index contributed by atoms with van der Waals surface area (Å²) in [7, 11) is 0. The minimum absolute atomic E-state index is 0.281. The summed E-state index contributed by atoms with van der Waals surface area (Å²) >= 11 is 0. The number of carbonyl (C=O) groups excluding carboxylic acids is 1. The summed E-state index contributed by atoms with van der Waals surface area (Å²) in [5.74, 6) is 2.46. The minimum atomic E-state index is -0.281. The highest BCUT2D eigenvalue weighted by Crippen LogP contribution is 2.38. The molecule has 180 valence electrons. The normalized spacial score (nSPS) is 19.2. The predicted octanol–water partition coefficient (Wildman–Crippen LogP) is 9.44. The van der Waals surface area contributed by atoms with Gasteiger partial charge in [0, 0.05) is 0 Å². The van der Waals surface area contributed by atoms with Crippen LogP contribution in [0.15, 0.2) is 48.5 Å². The molecule has 1 saturated carbocycles. The monoisotopic (exact) mass is 448 g/mol. The molecule has 2 nitrogen and oxygen atoms in total. The number of rotatable bonds is 12. The number of esters is 1. The Labute approximate surface area is 202 Å². The largest absolute Gasteiger partial charge is 0.423 e. The smallest absolute Gasteiger partial charge is 0.343 e. The molecule has 2 aromatic rings. The molecule has 0 spiro atoms. The van der Waals surface area contributed by atoms with Crippen LogP contribution in [0, 0.1) is 5.92 Å². The van der Waals surface area contributed by atoms with Crippen LogP contribution in [0.5, 0.6) is 5.75 Å². The van der Waals surface area contributed by atoms with Gasteiger partial charge in [-0.15, -0.1) is 0 Å². The fourth-order valence-electron chi connectivity index (χ4n) is 5.34. The van der Waals surface area contributed by atoms with Crippen LogP contribution >= 0.6 is 0 Å². The van der Waals surface area contributed by atoms with Crippen LogP contribution < -0.4 is 4.74 Å². The molecule has 0 bridgehead atoms. The van der Waals surface area contributed by atoms with Gasteiger partial charge in [-0.1, -0.05) is 90.0 Å². The fraction of sp³-hybridized carbons (Fsp3) is 0.581. The molecule has 0 heterocycles. The van der Waals surface area contributed by atoms with Gasteiger partial charge in [-0.25, -0.2) is 4.79 Å². The highest BCUT2D eigenvalue weighted by atomic mass is 16.5. The molecule has 33 heavy (non-hydrogen) atoms. The molecule has 1 aliphatic rings. The average molecular weight is 449 g/mol. The zero-order chi connectivity index (χ0) is 23.5. The first-order chi connectivity index (χ1) is 16.1. The van der Waals surface area contributed by atoms with Gasteiger partial charge in [0.05, 0.1) is 5.56 Å². The Morgan fingerprint density at radius 2 is 1.52 bits per heavy atom. The van der Waals surface area contributed by atoms with Gasteiger partial charge in [0.2, 0.25) is 0 Å². The Hall–Kier alpha value is -2.09. The van der Waals surface area contributed by atoms with E-state index in [1.54, 1.807) is 0 Å². The van der Waals surface area contributed by atoms with Gasteiger partial charge in [0.15, 0.2) is 0 Å². The first-order valence-electron chi connectivity index (χ1n) is 13.5. The van der Waals surface area contributed by atoms with Crippen molar-refractivity contribution in [1.82, 2.24) is 0 Å². The molecule has 3 rings (SSSR count). The fourth-order valence-corrected chi connectivity index (χ4v) is 5.34. The molecule has 0 aliphatic heterocycles. The van der Waals surface area contributed by atoms with Gasteiger partial charge in [-0.05, 0) is 85.3 Å². The molecule has 1 aliphatic carbocycles. The third-order valence-corrected chi connectivity index (χ3v) is 7.56. The second kappa shape index (κ2) is 13.6. The lowest BCUT2D eigenvalue weighted by atomic mass is 9.77. The maximum atomic E-state index is 12.6. The van der Waals surface area contributed by atoms with Crippen molar-refractivity contribution in [3.05, 3.63) is 65.2 Å². The lowest BCUT2D eigenvalue weighted by molar-refractivity contribution is 0.0734. The van der Waals surface area contributed by atoms with Crippen LogP contribution in [0.2, 0.25) is 0 Å². The van der Waals surface area contributed by atoms with E-state index < -0.39 is 0 Å². The Morgan fingerprint density at radius 3 is 2.15 bits per heavy atom. The van der Waals surface area contributed by atoms with Gasteiger partial charge >= 0.3 is 5.97 Å². The summed E-state index contributed by atoms with van der Waals surface area (Å²) in [6.07, 6.45) is 16.0. The van der Waals surface area contributed by atoms with Gasteiger partial charge < -0.3 is 4.74 Å². The van der Waals surface area contributed by atoms with Crippen molar-refractivity contribution in [3.63, 3.8) is 0 Å². The molecule has 0 aromatic heterocycles. The third-order valence-electron chi connectivity index (χ3n) is 7.56. The summed E-state index contributed by atoms with van der Waals surface area (Å²) in [6.45, 7) is 6.72. The van der Waals surface area contributed by atoms with Crippen molar-refractivity contribution in [1.29, 1.82) is 0 Å². The number of benzene rings is 2. The van der Waals surface area contributed by atoms with Crippen molar-refractivity contribution in [2.24, 2.45) is 5.92 Å². The van der Waals surface area contributed by atoms with Crippen molar-refractivity contribution >= 4 is 5.97 Å². The summed E-state index contributed by atoms with van der Waals surface area (Å²) in [5.41, 5.74) is 3.29. The first-order valence-corrected chi connectivity index (χ1v) is 13.5. The molecule has 0 radical (unpaired) electrons. The van der Waals surface area contributed by atoms with E-state index in [9.17, 15) is 4.79 Å². The Kier molecular flexibility index (Phi) is 10.5. The average Bonchev–Trinajstić information content (AvgIpc) is 2.85. The number of hydrogen-bond acceptors (Lipinski definition) is 2. The first kappa shape index (κ1) is 25.5. The number of hydrogen-bond donors (Lipinski definition) is 0. The highest BCUT2D eigenvalue weighted by Gasteiger charge is 2.22. The Morgan fingerprint density at radius 1 is 0.848 bits per heavy atom. The lowest BCUT2D eigenvalue weighted by Crippen LogP contribution is -2.13. The van der Waals surface area contributed by atoms with E-state index in [1.807, 2.05) is 24.3 Å². The lowest BCUT2D eigenvalue weighted by Gasteiger charge is -2.29. The van der Waals surface area contributed by atoms with E-state index in [0.717, 1.165) is 12.3 Å². The van der Waals surface area contributed by atoms with E-state index in [4.69, 9.17) is 4.74 Å². The second-order valence-corrected chi connectivity index (χ2v) is 10.2. The number of carbonyl (C=O) groups is 1. The minimum Gasteiger partial charge on any atom is -0.423 e. The van der Waals surface area contributed by atoms with Crippen LogP contribution in [-0.4, -0.2) is 5.97 Å². The molecular weight excluding hydrogens is 404 g/mol. The SMILES string of the molecule is CCCCCCCC1CCC(c2ccc(OC(=O)c3ccc(C(C)CCC)cc3)cc2)CC1. The zero-order valence-electron chi connectivity index (χ0n) is 21.2. The Balaban J connectivity index is 1.44. The standard InChI is InChI=1S/C31H44O2/c1-4-6-7-8-9-11-25-12-14-27(15-13-25)28-20-22-30(23-21-28)33-31(32)29-18-16-26(17-19-29)24(3)10-5-2/h16-25,27H,4-15H2,1-3H3. The predicted molar refractivity (Wildman–Crippen MR) is 139 cm³/mol. The van der Waals surface area contributed by atoms with E-state index in [0.29, 0.717) is 23.1 Å². The molecular formula is C31H44O2. The van der Waals surface area contributed by atoms with Gasteiger partial charge in [0.1, 0.15) is 5.75 Å². The van der Waals surface area contributed by atoms with Crippen LogP contribution in [-0.2, 0) is 0 Å². The van der Waals surface area contributed by atoms with Crippen LogP contribution in [0.4, 0.5) is 0 Å². The van der Waals surface area contributed by atoms with Crippen LogP contribution in [0.3, 0.4) is 0 Å².